The average Bonchev–Trinajstić information content (AvgIpc) is 2.77. The number of phenols is 3. The molecule has 0 fully saturated rings. The van der Waals surface area contributed by atoms with Gasteiger partial charge in [0.2, 0.25) is 0 Å². The lowest BCUT2D eigenvalue weighted by Crippen LogP contribution is -2.35. The average molecular weight is 344 g/mol. The van der Waals surface area contributed by atoms with Crippen molar-refractivity contribution in [3.8, 4) is 23.0 Å². The van der Waals surface area contributed by atoms with E-state index in [0.29, 0.717) is 11.3 Å². The van der Waals surface area contributed by atoms with Gasteiger partial charge in [0, 0.05) is 35.1 Å². The summed E-state index contributed by atoms with van der Waals surface area (Å²) in [6.45, 7) is 3.69. The number of aliphatic hydroxyl groups is 1. The predicted molar refractivity (Wildman–Crippen MR) is 90.4 cm³/mol. The first kappa shape index (κ1) is 17.1. The maximum atomic E-state index is 12.5. The second kappa shape index (κ2) is 5.97. The quantitative estimate of drug-likeness (QED) is 0.634. The summed E-state index contributed by atoms with van der Waals surface area (Å²) in [5.74, 6) is -0.425. The van der Waals surface area contributed by atoms with E-state index in [9.17, 15) is 25.2 Å². The molecule has 6 heteroatoms. The van der Waals surface area contributed by atoms with Gasteiger partial charge in [-0.3, -0.25) is 4.79 Å². The summed E-state index contributed by atoms with van der Waals surface area (Å²) in [5.41, 5.74) is 0.825. The Morgan fingerprint density at radius 1 is 1.12 bits per heavy atom. The van der Waals surface area contributed by atoms with Gasteiger partial charge in [-0.05, 0) is 18.2 Å². The number of phenolic OH excluding ortho intramolecular Hbond substituents is 3. The van der Waals surface area contributed by atoms with E-state index in [1.54, 1.807) is 6.07 Å². The van der Waals surface area contributed by atoms with Crippen molar-refractivity contribution in [2.75, 3.05) is 6.61 Å². The number of carbonyl (C=O) groups excluding carboxylic acids is 1. The first-order valence-electron chi connectivity index (χ1n) is 7.93. The molecular formula is C19H20O6. The molecular weight excluding hydrogens is 324 g/mol. The van der Waals surface area contributed by atoms with Crippen LogP contribution >= 0.6 is 0 Å². The molecule has 2 aromatic rings. The standard InChI is InChI=1S/C19H20O6/c1-19(2)13-5-10(14(22)8-17(13)25-18(19)9-20)6-15(23)12-4-3-11(21)7-16(12)24/h3-5,7-8,18,20-22,24H,6,9H2,1-2H3. The monoisotopic (exact) mass is 344 g/mol. The summed E-state index contributed by atoms with van der Waals surface area (Å²) in [6.07, 6.45) is -0.536. The maximum absolute atomic E-state index is 12.5. The van der Waals surface area contributed by atoms with Gasteiger partial charge in [-0.2, -0.15) is 0 Å². The van der Waals surface area contributed by atoms with Crippen LogP contribution in [0.5, 0.6) is 23.0 Å². The minimum absolute atomic E-state index is 0.0708. The van der Waals surface area contributed by atoms with Crippen LogP contribution in [-0.4, -0.2) is 38.9 Å². The molecule has 0 bridgehead atoms. The molecule has 132 valence electrons. The normalized spacial score (nSPS) is 17.8. The zero-order valence-electron chi connectivity index (χ0n) is 14.0. The third-order valence-corrected chi connectivity index (χ3v) is 4.75. The molecule has 1 aliphatic heterocycles. The fourth-order valence-corrected chi connectivity index (χ4v) is 3.12. The zero-order chi connectivity index (χ0) is 18.4. The number of ketones is 1. The van der Waals surface area contributed by atoms with Gasteiger partial charge in [-0.25, -0.2) is 0 Å². The summed E-state index contributed by atoms with van der Waals surface area (Å²) in [5, 5.41) is 38.8. The van der Waals surface area contributed by atoms with Crippen molar-refractivity contribution in [1.82, 2.24) is 0 Å². The van der Waals surface area contributed by atoms with Gasteiger partial charge >= 0.3 is 0 Å². The highest BCUT2D eigenvalue weighted by molar-refractivity contribution is 6.00. The van der Waals surface area contributed by atoms with E-state index >= 15 is 0 Å². The van der Waals surface area contributed by atoms with Crippen molar-refractivity contribution < 1.29 is 30.0 Å². The van der Waals surface area contributed by atoms with Gasteiger partial charge in [0.15, 0.2) is 5.78 Å². The van der Waals surface area contributed by atoms with Gasteiger partial charge in [-0.15, -0.1) is 0 Å². The highest BCUT2D eigenvalue weighted by Gasteiger charge is 2.41. The third kappa shape index (κ3) is 2.89. The van der Waals surface area contributed by atoms with Crippen LogP contribution in [-0.2, 0) is 11.8 Å². The molecule has 0 aromatic heterocycles. The van der Waals surface area contributed by atoms with E-state index in [1.165, 1.54) is 18.2 Å². The van der Waals surface area contributed by atoms with Crippen LogP contribution in [0.2, 0.25) is 0 Å². The minimum Gasteiger partial charge on any atom is -0.508 e. The number of aromatic hydroxyl groups is 3. The van der Waals surface area contributed by atoms with Crippen molar-refractivity contribution in [1.29, 1.82) is 0 Å². The number of carbonyl (C=O) groups is 1. The number of fused-ring (bicyclic) bond motifs is 1. The zero-order valence-corrected chi connectivity index (χ0v) is 14.0. The van der Waals surface area contributed by atoms with Gasteiger partial charge in [0.1, 0.15) is 29.1 Å². The molecule has 0 saturated carbocycles. The van der Waals surface area contributed by atoms with Crippen molar-refractivity contribution in [2.45, 2.75) is 31.8 Å². The van der Waals surface area contributed by atoms with Crippen LogP contribution in [0, 0.1) is 0 Å². The summed E-state index contributed by atoms with van der Waals surface area (Å²) in [7, 11) is 0. The van der Waals surface area contributed by atoms with Crippen molar-refractivity contribution in [3.05, 3.63) is 47.0 Å². The molecule has 6 nitrogen and oxygen atoms in total. The predicted octanol–water partition coefficient (Wildman–Crippen LogP) is 2.26. The Morgan fingerprint density at radius 2 is 1.84 bits per heavy atom. The van der Waals surface area contributed by atoms with E-state index < -0.39 is 11.5 Å². The molecule has 0 radical (unpaired) electrons. The molecule has 1 unspecified atom stereocenters. The fraction of sp³-hybridized carbons (Fsp3) is 0.316. The minimum atomic E-state index is -0.462. The fourth-order valence-electron chi connectivity index (χ4n) is 3.12. The molecule has 1 atom stereocenters. The summed E-state index contributed by atoms with van der Waals surface area (Å²) >= 11 is 0. The second-order valence-electron chi connectivity index (χ2n) is 6.79. The largest absolute Gasteiger partial charge is 0.508 e. The first-order chi connectivity index (χ1) is 11.7. The van der Waals surface area contributed by atoms with E-state index in [0.717, 1.165) is 11.6 Å². The van der Waals surface area contributed by atoms with Gasteiger partial charge in [0.05, 0.1) is 12.2 Å². The first-order valence-corrected chi connectivity index (χ1v) is 7.93. The van der Waals surface area contributed by atoms with Gasteiger partial charge in [0.25, 0.3) is 0 Å². The van der Waals surface area contributed by atoms with Crippen LogP contribution in [0.3, 0.4) is 0 Å². The van der Waals surface area contributed by atoms with E-state index in [1.807, 2.05) is 13.8 Å². The molecule has 4 N–H and O–H groups in total. The Balaban J connectivity index is 1.93. The SMILES string of the molecule is CC1(C)c2cc(CC(=O)c3ccc(O)cc3O)c(O)cc2OC1CO. The topological polar surface area (TPSA) is 107 Å². The molecule has 0 aliphatic carbocycles. The summed E-state index contributed by atoms with van der Waals surface area (Å²) in [6, 6.07) is 6.91. The number of aliphatic hydroxyl groups excluding tert-OH is 1. The van der Waals surface area contributed by atoms with Crippen LogP contribution in [0.4, 0.5) is 0 Å². The molecule has 3 rings (SSSR count). The van der Waals surface area contributed by atoms with Crippen molar-refractivity contribution in [3.63, 3.8) is 0 Å². The Kier molecular flexibility index (Phi) is 4.08. The number of Topliss-reactive ketones (excluding diaryl/α,β-unsaturated/α-hetero) is 1. The van der Waals surface area contributed by atoms with E-state index in [-0.39, 0.29) is 41.6 Å². The maximum Gasteiger partial charge on any atom is 0.171 e. The Morgan fingerprint density at radius 3 is 2.48 bits per heavy atom. The lowest BCUT2D eigenvalue weighted by Gasteiger charge is -2.24. The second-order valence-corrected chi connectivity index (χ2v) is 6.79. The summed E-state index contributed by atoms with van der Waals surface area (Å²) in [4.78, 5) is 12.5. The highest BCUT2D eigenvalue weighted by atomic mass is 16.5. The summed E-state index contributed by atoms with van der Waals surface area (Å²) < 4.78 is 5.67. The van der Waals surface area contributed by atoms with Gasteiger partial charge < -0.3 is 25.2 Å². The van der Waals surface area contributed by atoms with Crippen LogP contribution in [0.1, 0.15) is 35.3 Å². The van der Waals surface area contributed by atoms with Gasteiger partial charge in [-0.1, -0.05) is 13.8 Å². The lowest BCUT2D eigenvalue weighted by atomic mass is 9.80. The van der Waals surface area contributed by atoms with E-state index in [4.69, 9.17) is 4.74 Å². The Bertz CT molecular complexity index is 840. The van der Waals surface area contributed by atoms with Crippen LogP contribution < -0.4 is 4.74 Å². The molecule has 25 heavy (non-hydrogen) atoms. The number of rotatable bonds is 4. The Labute approximate surface area is 144 Å². The van der Waals surface area contributed by atoms with Crippen molar-refractivity contribution >= 4 is 5.78 Å². The number of hydrogen-bond acceptors (Lipinski definition) is 6. The van der Waals surface area contributed by atoms with Crippen LogP contribution in [0.15, 0.2) is 30.3 Å². The molecule has 1 heterocycles. The lowest BCUT2D eigenvalue weighted by molar-refractivity contribution is 0.0887. The number of hydrogen-bond donors (Lipinski definition) is 4. The van der Waals surface area contributed by atoms with Crippen molar-refractivity contribution in [2.24, 2.45) is 0 Å². The highest BCUT2D eigenvalue weighted by Crippen LogP contribution is 2.45. The van der Waals surface area contributed by atoms with Crippen LogP contribution in [0.25, 0.3) is 0 Å². The number of ether oxygens (including phenoxy) is 1. The molecule has 0 saturated heterocycles. The molecule has 1 aliphatic rings. The smallest absolute Gasteiger partial charge is 0.171 e. The Hall–Kier alpha value is -2.73. The third-order valence-electron chi connectivity index (χ3n) is 4.75. The molecule has 0 spiro atoms. The van der Waals surface area contributed by atoms with E-state index in [2.05, 4.69) is 0 Å². The number of benzene rings is 2. The molecule has 2 aromatic carbocycles. The molecule has 0 amide bonds.